The number of nitrogens with one attached hydrogen (secondary N) is 1. The molecule has 0 aromatic heterocycles. The van der Waals surface area contributed by atoms with Crippen LogP contribution in [-0.2, 0) is 6.42 Å². The molecule has 0 heterocycles. The number of hydrogen-bond acceptors (Lipinski definition) is 3. The van der Waals surface area contributed by atoms with Gasteiger partial charge in [0.2, 0.25) is 0 Å². The molecule has 0 fully saturated rings. The summed E-state index contributed by atoms with van der Waals surface area (Å²) >= 11 is 1.52. The van der Waals surface area contributed by atoms with E-state index in [1.54, 1.807) is 24.3 Å². The molecular weight excluding hydrogens is 285 g/mol. The minimum Gasteiger partial charge on any atom is -0.508 e. The molecule has 21 heavy (non-hydrogen) atoms. The van der Waals surface area contributed by atoms with Crippen molar-refractivity contribution in [2.24, 2.45) is 0 Å². The monoisotopic (exact) mass is 305 g/mol. The molecule has 0 saturated heterocycles. The average Bonchev–Trinajstić information content (AvgIpc) is 2.46. The minimum absolute atomic E-state index is 0.171. The molecule has 1 atom stereocenters. The third kappa shape index (κ3) is 5.06. The van der Waals surface area contributed by atoms with E-state index in [1.165, 1.54) is 17.8 Å². The number of rotatable bonds is 7. The second kappa shape index (κ2) is 8.05. The van der Waals surface area contributed by atoms with E-state index in [9.17, 15) is 9.50 Å². The largest absolute Gasteiger partial charge is 0.508 e. The van der Waals surface area contributed by atoms with E-state index in [4.69, 9.17) is 0 Å². The second-order valence-corrected chi connectivity index (χ2v) is 5.93. The second-order valence-electron chi connectivity index (χ2n) is 4.87. The fourth-order valence-corrected chi connectivity index (χ4v) is 3.20. The maximum Gasteiger partial charge on any atom is 0.136 e. The lowest BCUT2D eigenvalue weighted by Gasteiger charge is -2.18. The molecule has 1 unspecified atom stereocenters. The number of phenolic OH excluding ortho intramolecular Hbond substituents is 1. The number of phenols is 1. The topological polar surface area (TPSA) is 32.3 Å². The van der Waals surface area contributed by atoms with E-state index in [-0.39, 0.29) is 17.6 Å². The quantitative estimate of drug-likeness (QED) is 0.762. The molecular formula is C17H20FNOS. The maximum absolute atomic E-state index is 13.6. The van der Waals surface area contributed by atoms with Crippen molar-refractivity contribution in [1.82, 2.24) is 5.32 Å². The molecule has 112 valence electrons. The number of benzene rings is 2. The van der Waals surface area contributed by atoms with Gasteiger partial charge in [-0.2, -0.15) is 0 Å². The summed E-state index contributed by atoms with van der Waals surface area (Å²) in [6.07, 6.45) is 0.809. The van der Waals surface area contributed by atoms with Crippen LogP contribution in [0.25, 0.3) is 0 Å². The Labute approximate surface area is 129 Å². The smallest absolute Gasteiger partial charge is 0.136 e. The van der Waals surface area contributed by atoms with Gasteiger partial charge in [-0.15, -0.1) is 11.8 Å². The standard InChI is InChI=1S/C17H20FNOS/c1-2-19-14(10-13-6-5-7-15(20)11-13)12-21-17-9-4-3-8-16(17)18/h3-9,11,14,19-20H,2,10,12H2,1H3. The molecule has 0 saturated carbocycles. The van der Waals surface area contributed by atoms with Gasteiger partial charge in [0, 0.05) is 16.7 Å². The molecule has 0 aliphatic carbocycles. The Hall–Kier alpha value is -1.52. The maximum atomic E-state index is 13.6. The van der Waals surface area contributed by atoms with E-state index in [2.05, 4.69) is 12.2 Å². The zero-order chi connectivity index (χ0) is 15.1. The van der Waals surface area contributed by atoms with Gasteiger partial charge in [-0.1, -0.05) is 31.2 Å². The number of aromatic hydroxyl groups is 1. The van der Waals surface area contributed by atoms with Gasteiger partial charge >= 0.3 is 0 Å². The molecule has 0 aliphatic rings. The first kappa shape index (κ1) is 15.9. The van der Waals surface area contributed by atoms with Gasteiger partial charge in [0.15, 0.2) is 0 Å². The summed E-state index contributed by atoms with van der Waals surface area (Å²) in [6.45, 7) is 2.92. The van der Waals surface area contributed by atoms with Gasteiger partial charge in [0.1, 0.15) is 11.6 Å². The van der Waals surface area contributed by atoms with Crippen molar-refractivity contribution in [1.29, 1.82) is 0 Å². The van der Waals surface area contributed by atoms with E-state index >= 15 is 0 Å². The lowest BCUT2D eigenvalue weighted by molar-refractivity contribution is 0.473. The lowest BCUT2D eigenvalue weighted by Crippen LogP contribution is -2.33. The van der Waals surface area contributed by atoms with E-state index in [1.807, 2.05) is 18.2 Å². The Morgan fingerprint density at radius 2 is 2.00 bits per heavy atom. The minimum atomic E-state index is -0.171. The van der Waals surface area contributed by atoms with Gasteiger partial charge < -0.3 is 10.4 Å². The van der Waals surface area contributed by atoms with Gasteiger partial charge in [-0.25, -0.2) is 4.39 Å². The molecule has 0 bridgehead atoms. The summed E-state index contributed by atoms with van der Waals surface area (Å²) < 4.78 is 13.6. The third-order valence-corrected chi connectivity index (χ3v) is 4.37. The molecule has 2 aromatic rings. The van der Waals surface area contributed by atoms with Crippen LogP contribution in [0.15, 0.2) is 53.4 Å². The van der Waals surface area contributed by atoms with Gasteiger partial charge in [0.25, 0.3) is 0 Å². The van der Waals surface area contributed by atoms with E-state index < -0.39 is 0 Å². The highest BCUT2D eigenvalue weighted by atomic mass is 32.2. The van der Waals surface area contributed by atoms with Crippen LogP contribution in [0, 0.1) is 5.82 Å². The normalized spacial score (nSPS) is 12.3. The molecule has 2 nitrogen and oxygen atoms in total. The summed E-state index contributed by atoms with van der Waals surface area (Å²) in [4.78, 5) is 0.677. The average molecular weight is 305 g/mol. The first-order valence-electron chi connectivity index (χ1n) is 7.07. The first-order valence-corrected chi connectivity index (χ1v) is 8.06. The van der Waals surface area contributed by atoms with Crippen molar-refractivity contribution in [2.75, 3.05) is 12.3 Å². The predicted molar refractivity (Wildman–Crippen MR) is 86.4 cm³/mol. The fourth-order valence-electron chi connectivity index (χ4n) is 2.20. The molecule has 2 rings (SSSR count). The van der Waals surface area contributed by atoms with Crippen LogP contribution in [0.3, 0.4) is 0 Å². The molecule has 2 N–H and O–H groups in total. The van der Waals surface area contributed by atoms with Crippen LogP contribution in [0.1, 0.15) is 12.5 Å². The Bertz CT molecular complexity index is 576. The zero-order valence-electron chi connectivity index (χ0n) is 12.1. The fraction of sp³-hybridized carbons (Fsp3) is 0.294. The molecule has 4 heteroatoms. The third-order valence-electron chi connectivity index (χ3n) is 3.16. The summed E-state index contributed by atoms with van der Waals surface area (Å²) in [6, 6.07) is 14.4. The zero-order valence-corrected chi connectivity index (χ0v) is 12.9. The van der Waals surface area contributed by atoms with Crippen LogP contribution in [0.5, 0.6) is 5.75 Å². The summed E-state index contributed by atoms with van der Waals surface area (Å²) in [5.74, 6) is 0.893. The van der Waals surface area contributed by atoms with Crippen molar-refractivity contribution >= 4 is 11.8 Å². The number of hydrogen-bond donors (Lipinski definition) is 2. The van der Waals surface area contributed by atoms with Crippen molar-refractivity contribution in [3.63, 3.8) is 0 Å². The lowest BCUT2D eigenvalue weighted by atomic mass is 10.1. The highest BCUT2D eigenvalue weighted by molar-refractivity contribution is 7.99. The van der Waals surface area contributed by atoms with Gasteiger partial charge in [-0.05, 0) is 42.8 Å². The highest BCUT2D eigenvalue weighted by Gasteiger charge is 2.11. The number of likely N-dealkylation sites (N-methyl/N-ethyl adjacent to an activating group) is 1. The van der Waals surface area contributed by atoms with E-state index in [0.29, 0.717) is 4.90 Å². The molecule has 0 radical (unpaired) electrons. The molecule has 0 amide bonds. The summed E-state index contributed by atoms with van der Waals surface area (Å²) in [5, 5.41) is 12.9. The van der Waals surface area contributed by atoms with Crippen molar-refractivity contribution in [3.05, 3.63) is 59.9 Å². The van der Waals surface area contributed by atoms with Crippen LogP contribution in [0.2, 0.25) is 0 Å². The molecule has 2 aromatic carbocycles. The van der Waals surface area contributed by atoms with Crippen LogP contribution < -0.4 is 5.32 Å². The van der Waals surface area contributed by atoms with Gasteiger partial charge in [0.05, 0.1) is 0 Å². The molecule has 0 spiro atoms. The Morgan fingerprint density at radius 1 is 1.19 bits per heavy atom. The highest BCUT2D eigenvalue weighted by Crippen LogP contribution is 2.23. The predicted octanol–water partition coefficient (Wildman–Crippen LogP) is 3.84. The summed E-state index contributed by atoms with van der Waals surface area (Å²) in [7, 11) is 0. The van der Waals surface area contributed by atoms with Gasteiger partial charge in [-0.3, -0.25) is 0 Å². The van der Waals surface area contributed by atoms with Crippen molar-refractivity contribution in [2.45, 2.75) is 24.3 Å². The number of halogens is 1. The van der Waals surface area contributed by atoms with Crippen LogP contribution >= 0.6 is 11.8 Å². The van der Waals surface area contributed by atoms with Crippen molar-refractivity contribution in [3.8, 4) is 5.75 Å². The van der Waals surface area contributed by atoms with Crippen LogP contribution in [-0.4, -0.2) is 23.4 Å². The summed E-state index contributed by atoms with van der Waals surface area (Å²) in [5.41, 5.74) is 1.08. The Morgan fingerprint density at radius 3 is 2.71 bits per heavy atom. The van der Waals surface area contributed by atoms with E-state index in [0.717, 1.165) is 24.3 Å². The number of thioether (sulfide) groups is 1. The Balaban J connectivity index is 1.97. The van der Waals surface area contributed by atoms with Crippen LogP contribution in [0.4, 0.5) is 4.39 Å². The molecule has 0 aliphatic heterocycles. The first-order chi connectivity index (χ1) is 10.2. The SMILES string of the molecule is CCNC(CSc1ccccc1F)Cc1cccc(O)c1. The van der Waals surface area contributed by atoms with Crippen molar-refractivity contribution < 1.29 is 9.50 Å². The Kier molecular flexibility index (Phi) is 6.08.